The molecule has 0 aromatic heterocycles. The number of hydrogen-bond acceptors (Lipinski definition) is 3. The second-order valence-corrected chi connectivity index (χ2v) is 7.15. The normalized spacial score (nSPS) is 30.0. The summed E-state index contributed by atoms with van der Waals surface area (Å²) < 4.78 is 5.59. The lowest BCUT2D eigenvalue weighted by atomic mass is 9.72. The number of rotatable bonds is 2. The molecule has 2 bridgehead atoms. The smallest absolute Gasteiger partial charge is 0.233 e. The summed E-state index contributed by atoms with van der Waals surface area (Å²) in [5.41, 5.74) is 0.787. The van der Waals surface area contributed by atoms with E-state index in [9.17, 15) is 4.79 Å². The van der Waals surface area contributed by atoms with Gasteiger partial charge < -0.3 is 15.0 Å². The molecule has 1 N–H and O–H groups in total. The molecule has 3 aliphatic rings. The average Bonchev–Trinajstić information content (AvgIpc) is 2.88. The number of hydrogen-bond donors (Lipinski definition) is 1. The Morgan fingerprint density at radius 2 is 1.83 bits per heavy atom. The van der Waals surface area contributed by atoms with Crippen LogP contribution >= 0.6 is 0 Å². The molecule has 3 saturated heterocycles. The van der Waals surface area contributed by atoms with Crippen LogP contribution in [0.1, 0.15) is 37.7 Å². The standard InChI is InChI=1S/C19H26N2O2/c22-18(21-16-6-7-17(21)14-20-11-8-16)19(9-12-23-13-10-19)15-4-2-1-3-5-15/h1-5,16-17,20H,6-14H2. The maximum Gasteiger partial charge on any atom is 0.233 e. The summed E-state index contributed by atoms with van der Waals surface area (Å²) in [4.78, 5) is 16.0. The molecule has 3 heterocycles. The molecule has 3 fully saturated rings. The Labute approximate surface area is 138 Å². The number of benzene rings is 1. The molecule has 2 atom stereocenters. The van der Waals surface area contributed by atoms with Gasteiger partial charge in [0.05, 0.1) is 5.41 Å². The van der Waals surface area contributed by atoms with Crippen LogP contribution in [0.5, 0.6) is 0 Å². The van der Waals surface area contributed by atoms with Gasteiger partial charge >= 0.3 is 0 Å². The van der Waals surface area contributed by atoms with Gasteiger partial charge in [-0.05, 0) is 44.2 Å². The van der Waals surface area contributed by atoms with Gasteiger partial charge in [0, 0.05) is 31.8 Å². The van der Waals surface area contributed by atoms with Crippen molar-refractivity contribution in [3.63, 3.8) is 0 Å². The topological polar surface area (TPSA) is 41.6 Å². The van der Waals surface area contributed by atoms with Crippen LogP contribution in [-0.4, -0.2) is 49.2 Å². The van der Waals surface area contributed by atoms with E-state index in [0.717, 1.165) is 38.8 Å². The maximum atomic E-state index is 13.7. The molecule has 1 amide bonds. The van der Waals surface area contributed by atoms with Crippen molar-refractivity contribution < 1.29 is 9.53 Å². The van der Waals surface area contributed by atoms with E-state index in [4.69, 9.17) is 4.74 Å². The Balaban J connectivity index is 1.70. The SMILES string of the molecule is O=C(N1C2CCNCC1CC2)C1(c2ccccc2)CCOCC1. The fraction of sp³-hybridized carbons (Fsp3) is 0.632. The summed E-state index contributed by atoms with van der Waals surface area (Å²) in [5, 5.41) is 3.50. The Bertz CT molecular complexity index is 540. The minimum atomic E-state index is -0.384. The number of amides is 1. The lowest BCUT2D eigenvalue weighted by Crippen LogP contribution is -2.54. The van der Waals surface area contributed by atoms with Gasteiger partial charge in [0.2, 0.25) is 5.91 Å². The molecule has 1 aromatic rings. The van der Waals surface area contributed by atoms with Crippen LogP contribution in [0.15, 0.2) is 30.3 Å². The van der Waals surface area contributed by atoms with Gasteiger partial charge in [0.25, 0.3) is 0 Å². The van der Waals surface area contributed by atoms with E-state index in [2.05, 4.69) is 34.5 Å². The summed E-state index contributed by atoms with van der Waals surface area (Å²) in [6, 6.07) is 11.2. The Kier molecular flexibility index (Phi) is 4.12. The summed E-state index contributed by atoms with van der Waals surface area (Å²) in [6.07, 6.45) is 5.01. The fourth-order valence-corrected chi connectivity index (χ4v) is 4.66. The number of fused-ring (bicyclic) bond motifs is 2. The van der Waals surface area contributed by atoms with E-state index in [0.29, 0.717) is 31.2 Å². The zero-order valence-electron chi connectivity index (χ0n) is 13.7. The highest BCUT2D eigenvalue weighted by molar-refractivity contribution is 5.89. The van der Waals surface area contributed by atoms with Gasteiger partial charge in [0.1, 0.15) is 0 Å². The third kappa shape index (κ3) is 2.58. The molecule has 0 spiro atoms. The second-order valence-electron chi connectivity index (χ2n) is 7.15. The number of nitrogens with one attached hydrogen (secondary N) is 1. The van der Waals surface area contributed by atoms with Gasteiger partial charge in [-0.1, -0.05) is 30.3 Å². The molecule has 1 aromatic carbocycles. The van der Waals surface area contributed by atoms with E-state index in [1.807, 2.05) is 6.07 Å². The van der Waals surface area contributed by atoms with E-state index >= 15 is 0 Å². The van der Waals surface area contributed by atoms with Crippen LogP contribution in [0.25, 0.3) is 0 Å². The summed E-state index contributed by atoms with van der Waals surface area (Å²) in [7, 11) is 0. The Morgan fingerprint density at radius 3 is 2.61 bits per heavy atom. The maximum absolute atomic E-state index is 13.7. The third-order valence-electron chi connectivity index (χ3n) is 5.97. The summed E-state index contributed by atoms with van der Waals surface area (Å²) >= 11 is 0. The van der Waals surface area contributed by atoms with Crippen LogP contribution < -0.4 is 5.32 Å². The first-order chi connectivity index (χ1) is 11.3. The molecule has 4 rings (SSSR count). The second kappa shape index (κ2) is 6.25. The van der Waals surface area contributed by atoms with Crippen molar-refractivity contribution in [3.8, 4) is 0 Å². The highest BCUT2D eigenvalue weighted by atomic mass is 16.5. The van der Waals surface area contributed by atoms with E-state index in [1.165, 1.54) is 12.0 Å². The number of ether oxygens (including phenoxy) is 1. The molecule has 2 unspecified atom stereocenters. The van der Waals surface area contributed by atoms with Gasteiger partial charge in [-0.3, -0.25) is 4.79 Å². The summed E-state index contributed by atoms with van der Waals surface area (Å²) in [6.45, 7) is 3.35. The van der Waals surface area contributed by atoms with Crippen molar-refractivity contribution in [1.82, 2.24) is 10.2 Å². The van der Waals surface area contributed by atoms with Gasteiger partial charge in [-0.2, -0.15) is 0 Å². The predicted octanol–water partition coefficient (Wildman–Crippen LogP) is 2.09. The van der Waals surface area contributed by atoms with Crippen molar-refractivity contribution >= 4 is 5.91 Å². The molecular formula is C19H26N2O2. The van der Waals surface area contributed by atoms with Gasteiger partial charge in [-0.15, -0.1) is 0 Å². The van der Waals surface area contributed by atoms with Crippen molar-refractivity contribution in [2.75, 3.05) is 26.3 Å². The molecule has 4 nitrogen and oxygen atoms in total. The summed E-state index contributed by atoms with van der Waals surface area (Å²) in [5.74, 6) is 0.350. The lowest BCUT2D eigenvalue weighted by Gasteiger charge is -2.42. The molecule has 0 saturated carbocycles. The first-order valence-electron chi connectivity index (χ1n) is 8.98. The first kappa shape index (κ1) is 15.2. The quantitative estimate of drug-likeness (QED) is 0.909. The van der Waals surface area contributed by atoms with Crippen molar-refractivity contribution in [2.24, 2.45) is 0 Å². The molecular weight excluding hydrogens is 288 g/mol. The highest BCUT2D eigenvalue weighted by Crippen LogP contribution is 2.40. The zero-order chi connectivity index (χ0) is 15.7. The number of nitrogens with zero attached hydrogens (tertiary/aromatic N) is 1. The van der Waals surface area contributed by atoms with E-state index in [-0.39, 0.29) is 5.41 Å². The van der Waals surface area contributed by atoms with Crippen LogP contribution in [0, 0.1) is 0 Å². The fourth-order valence-electron chi connectivity index (χ4n) is 4.66. The molecule has 124 valence electrons. The van der Waals surface area contributed by atoms with Crippen LogP contribution in [0.2, 0.25) is 0 Å². The largest absolute Gasteiger partial charge is 0.381 e. The van der Waals surface area contributed by atoms with Gasteiger partial charge in [-0.25, -0.2) is 0 Å². The average molecular weight is 314 g/mol. The number of carbonyl (C=O) groups excluding carboxylic acids is 1. The van der Waals surface area contributed by atoms with Crippen LogP contribution in [-0.2, 0) is 14.9 Å². The van der Waals surface area contributed by atoms with Crippen molar-refractivity contribution in [3.05, 3.63) is 35.9 Å². The molecule has 0 radical (unpaired) electrons. The minimum Gasteiger partial charge on any atom is -0.381 e. The molecule has 3 aliphatic heterocycles. The van der Waals surface area contributed by atoms with Crippen molar-refractivity contribution in [2.45, 2.75) is 49.6 Å². The van der Waals surface area contributed by atoms with E-state index in [1.54, 1.807) is 0 Å². The van der Waals surface area contributed by atoms with Gasteiger partial charge in [0.15, 0.2) is 0 Å². The van der Waals surface area contributed by atoms with Crippen LogP contribution in [0.4, 0.5) is 0 Å². The third-order valence-corrected chi connectivity index (χ3v) is 5.97. The first-order valence-corrected chi connectivity index (χ1v) is 8.98. The lowest BCUT2D eigenvalue weighted by molar-refractivity contribution is -0.144. The number of carbonyl (C=O) groups is 1. The molecule has 23 heavy (non-hydrogen) atoms. The highest BCUT2D eigenvalue weighted by Gasteiger charge is 2.49. The zero-order valence-corrected chi connectivity index (χ0v) is 13.7. The molecule has 4 heteroatoms. The van der Waals surface area contributed by atoms with E-state index < -0.39 is 0 Å². The predicted molar refractivity (Wildman–Crippen MR) is 89.3 cm³/mol. The monoisotopic (exact) mass is 314 g/mol. The van der Waals surface area contributed by atoms with Crippen molar-refractivity contribution in [1.29, 1.82) is 0 Å². The minimum absolute atomic E-state index is 0.350. The Hall–Kier alpha value is -1.39. The van der Waals surface area contributed by atoms with Crippen LogP contribution in [0.3, 0.4) is 0 Å². The molecule has 0 aliphatic carbocycles. The Morgan fingerprint density at radius 1 is 1.09 bits per heavy atom.